The van der Waals surface area contributed by atoms with Crippen LogP contribution in [0.25, 0.3) is 10.8 Å². The molecule has 2 heterocycles. The Morgan fingerprint density at radius 1 is 0.938 bits per heavy atom. The molecular weight excluding hydrogens is 400 g/mol. The molecule has 32 heavy (non-hydrogen) atoms. The van der Waals surface area contributed by atoms with Crippen LogP contribution in [0.2, 0.25) is 0 Å². The molecule has 2 amide bonds. The van der Waals surface area contributed by atoms with Gasteiger partial charge in [-0.15, -0.1) is 0 Å². The summed E-state index contributed by atoms with van der Waals surface area (Å²) >= 11 is 0. The standard InChI is InChI=1S/C26H36N4O2/c1-20-7-5-6-12-30(20)26(32)19-29-15-13-28(14-16-29)18-25(31)27-21(2)23-11-10-22-8-3-4-9-24(22)17-23/h3-4,8-11,17,20-21H,5-7,12-16,18-19H2,1-2H3,(H,27,31). The minimum atomic E-state index is -0.0300. The van der Waals surface area contributed by atoms with E-state index in [0.717, 1.165) is 51.1 Å². The van der Waals surface area contributed by atoms with Gasteiger partial charge in [-0.1, -0.05) is 36.4 Å². The van der Waals surface area contributed by atoms with Crippen LogP contribution >= 0.6 is 0 Å². The van der Waals surface area contributed by atoms with Crippen LogP contribution in [-0.4, -0.2) is 78.4 Å². The Labute approximate surface area is 191 Å². The predicted molar refractivity (Wildman–Crippen MR) is 128 cm³/mol. The zero-order valence-corrected chi connectivity index (χ0v) is 19.4. The van der Waals surface area contributed by atoms with Crippen LogP contribution in [0, 0.1) is 0 Å². The van der Waals surface area contributed by atoms with Crippen LogP contribution in [0.3, 0.4) is 0 Å². The number of nitrogens with zero attached hydrogens (tertiary/aromatic N) is 3. The maximum absolute atomic E-state index is 12.7. The van der Waals surface area contributed by atoms with Crippen molar-refractivity contribution in [2.24, 2.45) is 0 Å². The van der Waals surface area contributed by atoms with E-state index in [1.807, 2.05) is 19.1 Å². The molecule has 4 rings (SSSR count). The van der Waals surface area contributed by atoms with Gasteiger partial charge < -0.3 is 10.2 Å². The summed E-state index contributed by atoms with van der Waals surface area (Å²) in [5, 5.41) is 5.54. The summed E-state index contributed by atoms with van der Waals surface area (Å²) in [5.41, 5.74) is 1.12. The molecule has 2 aliphatic rings. The summed E-state index contributed by atoms with van der Waals surface area (Å²) in [5.74, 6) is 0.310. The number of piperazine rings is 1. The molecular formula is C26H36N4O2. The average molecular weight is 437 g/mol. The highest BCUT2D eigenvalue weighted by Gasteiger charge is 2.26. The first-order chi connectivity index (χ1) is 15.5. The van der Waals surface area contributed by atoms with Crippen molar-refractivity contribution in [1.29, 1.82) is 0 Å². The van der Waals surface area contributed by atoms with Gasteiger partial charge in [-0.2, -0.15) is 0 Å². The highest BCUT2D eigenvalue weighted by atomic mass is 16.2. The number of benzene rings is 2. The fourth-order valence-corrected chi connectivity index (χ4v) is 4.91. The highest BCUT2D eigenvalue weighted by Crippen LogP contribution is 2.20. The minimum absolute atomic E-state index is 0.0300. The van der Waals surface area contributed by atoms with E-state index >= 15 is 0 Å². The lowest BCUT2D eigenvalue weighted by Gasteiger charge is -2.38. The lowest BCUT2D eigenvalue weighted by Crippen LogP contribution is -2.53. The molecule has 0 bridgehead atoms. The summed E-state index contributed by atoms with van der Waals surface area (Å²) in [7, 11) is 0. The van der Waals surface area contributed by atoms with Crippen molar-refractivity contribution in [2.45, 2.75) is 45.2 Å². The number of carbonyl (C=O) groups is 2. The second-order valence-electron chi connectivity index (χ2n) is 9.38. The van der Waals surface area contributed by atoms with Gasteiger partial charge in [0.15, 0.2) is 0 Å². The van der Waals surface area contributed by atoms with Crippen molar-refractivity contribution < 1.29 is 9.59 Å². The fraction of sp³-hybridized carbons (Fsp3) is 0.538. The predicted octanol–water partition coefficient (Wildman–Crippen LogP) is 3.04. The normalized spacial score (nSPS) is 21.4. The van der Waals surface area contributed by atoms with E-state index < -0.39 is 0 Å². The van der Waals surface area contributed by atoms with E-state index in [1.54, 1.807) is 0 Å². The van der Waals surface area contributed by atoms with Crippen LogP contribution in [0.5, 0.6) is 0 Å². The largest absolute Gasteiger partial charge is 0.348 e. The third-order valence-electron chi connectivity index (χ3n) is 6.97. The summed E-state index contributed by atoms with van der Waals surface area (Å²) in [6.07, 6.45) is 3.47. The number of hydrogen-bond donors (Lipinski definition) is 1. The minimum Gasteiger partial charge on any atom is -0.348 e. The zero-order valence-electron chi connectivity index (χ0n) is 19.4. The number of likely N-dealkylation sites (tertiary alicyclic amines) is 1. The molecule has 0 aliphatic carbocycles. The van der Waals surface area contributed by atoms with Crippen molar-refractivity contribution in [1.82, 2.24) is 20.0 Å². The van der Waals surface area contributed by atoms with E-state index in [2.05, 4.69) is 57.3 Å². The van der Waals surface area contributed by atoms with E-state index in [4.69, 9.17) is 0 Å². The van der Waals surface area contributed by atoms with Crippen LogP contribution in [0.15, 0.2) is 42.5 Å². The van der Waals surface area contributed by atoms with E-state index in [9.17, 15) is 9.59 Å². The van der Waals surface area contributed by atoms with Crippen LogP contribution < -0.4 is 5.32 Å². The first-order valence-electron chi connectivity index (χ1n) is 12.0. The lowest BCUT2D eigenvalue weighted by atomic mass is 10.0. The Kier molecular flexibility index (Phi) is 7.43. The Morgan fingerprint density at radius 3 is 2.34 bits per heavy atom. The average Bonchev–Trinajstić information content (AvgIpc) is 2.80. The quantitative estimate of drug-likeness (QED) is 0.756. The molecule has 2 aliphatic heterocycles. The van der Waals surface area contributed by atoms with Gasteiger partial charge in [-0.25, -0.2) is 0 Å². The van der Waals surface area contributed by atoms with Gasteiger partial charge in [-0.05, 0) is 55.5 Å². The molecule has 2 aromatic rings. The number of carbonyl (C=O) groups excluding carboxylic acids is 2. The Bertz CT molecular complexity index is 938. The Hall–Kier alpha value is -2.44. The summed E-state index contributed by atoms with van der Waals surface area (Å²) in [6.45, 7) is 9.31. The Morgan fingerprint density at radius 2 is 1.62 bits per heavy atom. The van der Waals surface area contributed by atoms with Gasteiger partial charge >= 0.3 is 0 Å². The van der Waals surface area contributed by atoms with Crippen molar-refractivity contribution in [3.8, 4) is 0 Å². The van der Waals surface area contributed by atoms with Gasteiger partial charge in [0.25, 0.3) is 0 Å². The van der Waals surface area contributed by atoms with E-state index in [0.29, 0.717) is 19.1 Å². The molecule has 6 heteroatoms. The van der Waals surface area contributed by atoms with Crippen molar-refractivity contribution in [3.63, 3.8) is 0 Å². The number of rotatable bonds is 6. The van der Waals surface area contributed by atoms with Crippen LogP contribution in [0.4, 0.5) is 0 Å². The maximum atomic E-state index is 12.7. The summed E-state index contributed by atoms with van der Waals surface area (Å²) in [6, 6.07) is 15.0. The molecule has 6 nitrogen and oxygen atoms in total. The fourth-order valence-electron chi connectivity index (χ4n) is 4.91. The number of hydrogen-bond acceptors (Lipinski definition) is 4. The van der Waals surface area contributed by atoms with Crippen molar-refractivity contribution >= 4 is 22.6 Å². The number of fused-ring (bicyclic) bond motifs is 1. The first-order valence-corrected chi connectivity index (χ1v) is 12.0. The van der Waals surface area contributed by atoms with Gasteiger partial charge in [0, 0.05) is 38.8 Å². The van der Waals surface area contributed by atoms with Crippen molar-refractivity contribution in [3.05, 3.63) is 48.0 Å². The van der Waals surface area contributed by atoms with Gasteiger partial charge in [-0.3, -0.25) is 19.4 Å². The van der Waals surface area contributed by atoms with Crippen LogP contribution in [-0.2, 0) is 9.59 Å². The molecule has 0 aromatic heterocycles. The molecule has 0 saturated carbocycles. The number of amides is 2. The summed E-state index contributed by atoms with van der Waals surface area (Å²) < 4.78 is 0. The summed E-state index contributed by atoms with van der Waals surface area (Å²) in [4.78, 5) is 31.8. The van der Waals surface area contributed by atoms with Crippen molar-refractivity contribution in [2.75, 3.05) is 45.8 Å². The number of nitrogens with one attached hydrogen (secondary N) is 1. The second-order valence-corrected chi connectivity index (χ2v) is 9.38. The first kappa shape index (κ1) is 22.7. The SMILES string of the molecule is CC(NC(=O)CN1CCN(CC(=O)N2CCCCC2C)CC1)c1ccc2ccccc2c1. The molecule has 2 saturated heterocycles. The third kappa shape index (κ3) is 5.67. The molecule has 2 unspecified atom stereocenters. The monoisotopic (exact) mass is 436 g/mol. The topological polar surface area (TPSA) is 55.9 Å². The van der Waals surface area contributed by atoms with Gasteiger partial charge in [0.1, 0.15) is 0 Å². The zero-order chi connectivity index (χ0) is 22.5. The van der Waals surface area contributed by atoms with Gasteiger partial charge in [0.2, 0.25) is 11.8 Å². The molecule has 2 aromatic carbocycles. The molecule has 2 fully saturated rings. The van der Waals surface area contributed by atoms with E-state index in [-0.39, 0.29) is 17.9 Å². The molecule has 0 radical (unpaired) electrons. The molecule has 0 spiro atoms. The van der Waals surface area contributed by atoms with Gasteiger partial charge in [0.05, 0.1) is 19.1 Å². The smallest absolute Gasteiger partial charge is 0.236 e. The Balaban J connectivity index is 1.21. The number of piperidine rings is 1. The lowest BCUT2D eigenvalue weighted by molar-refractivity contribution is -0.136. The molecule has 1 N–H and O–H groups in total. The third-order valence-corrected chi connectivity index (χ3v) is 6.97. The van der Waals surface area contributed by atoms with E-state index in [1.165, 1.54) is 17.2 Å². The second kappa shape index (κ2) is 10.5. The highest BCUT2D eigenvalue weighted by molar-refractivity contribution is 5.83. The maximum Gasteiger partial charge on any atom is 0.236 e. The molecule has 172 valence electrons. The van der Waals surface area contributed by atoms with Crippen LogP contribution in [0.1, 0.15) is 44.7 Å². The molecule has 2 atom stereocenters.